The Bertz CT molecular complexity index is 614. The zero-order chi connectivity index (χ0) is 13.8. The van der Waals surface area contributed by atoms with E-state index in [1.165, 1.54) is 13.4 Å². The minimum atomic E-state index is 0.0105. The number of aryl methyl sites for hydroxylation is 1. The highest BCUT2D eigenvalue weighted by Crippen LogP contribution is 2.20. The Labute approximate surface area is 120 Å². The fraction of sp³-hybridized carbons (Fsp3) is 0.214. The zero-order valence-electron chi connectivity index (χ0n) is 10.7. The average molecular weight is 321 g/mol. The lowest BCUT2D eigenvalue weighted by molar-refractivity contribution is 0.0991. The van der Waals surface area contributed by atoms with E-state index in [1.807, 2.05) is 25.1 Å². The highest BCUT2D eigenvalue weighted by molar-refractivity contribution is 9.10. The summed E-state index contributed by atoms with van der Waals surface area (Å²) >= 11 is 3.39. The quantitative estimate of drug-likeness (QED) is 0.813. The van der Waals surface area contributed by atoms with Crippen molar-refractivity contribution in [2.45, 2.75) is 13.3 Å². The first-order valence-electron chi connectivity index (χ1n) is 5.74. The SMILES string of the molecule is COc1cc(CC(=O)c2cc(C)ccc2Br)ncn1. The van der Waals surface area contributed by atoms with Crippen molar-refractivity contribution in [2.24, 2.45) is 0 Å². The van der Waals surface area contributed by atoms with Crippen molar-refractivity contribution in [2.75, 3.05) is 7.11 Å². The second-order valence-corrected chi connectivity index (χ2v) is 4.99. The Morgan fingerprint density at radius 2 is 2.11 bits per heavy atom. The summed E-state index contributed by atoms with van der Waals surface area (Å²) < 4.78 is 5.81. The summed E-state index contributed by atoms with van der Waals surface area (Å²) in [6.07, 6.45) is 1.62. The largest absolute Gasteiger partial charge is 0.481 e. The molecule has 0 radical (unpaired) electrons. The third-order valence-electron chi connectivity index (χ3n) is 2.67. The summed E-state index contributed by atoms with van der Waals surface area (Å²) in [7, 11) is 1.53. The molecule has 1 heterocycles. The predicted molar refractivity (Wildman–Crippen MR) is 75.5 cm³/mol. The van der Waals surface area contributed by atoms with Gasteiger partial charge < -0.3 is 4.74 Å². The van der Waals surface area contributed by atoms with Crippen molar-refractivity contribution >= 4 is 21.7 Å². The molecule has 98 valence electrons. The third-order valence-corrected chi connectivity index (χ3v) is 3.36. The summed E-state index contributed by atoms with van der Waals surface area (Å²) in [4.78, 5) is 20.2. The molecule has 0 spiro atoms. The Kier molecular flexibility index (Phi) is 4.27. The van der Waals surface area contributed by atoms with E-state index in [1.54, 1.807) is 6.07 Å². The first-order valence-corrected chi connectivity index (χ1v) is 6.53. The number of nitrogens with zero attached hydrogens (tertiary/aromatic N) is 2. The van der Waals surface area contributed by atoms with E-state index in [2.05, 4.69) is 25.9 Å². The van der Waals surface area contributed by atoms with Crippen LogP contribution in [0.3, 0.4) is 0 Å². The van der Waals surface area contributed by atoms with Gasteiger partial charge in [-0.2, -0.15) is 0 Å². The molecule has 0 saturated heterocycles. The molecule has 4 nitrogen and oxygen atoms in total. The van der Waals surface area contributed by atoms with Gasteiger partial charge in [-0.15, -0.1) is 0 Å². The molecule has 0 fully saturated rings. The van der Waals surface area contributed by atoms with Crippen LogP contribution in [0, 0.1) is 6.92 Å². The van der Waals surface area contributed by atoms with Crippen molar-refractivity contribution in [3.05, 3.63) is 51.9 Å². The second kappa shape index (κ2) is 5.93. The van der Waals surface area contributed by atoms with Crippen LogP contribution in [0.4, 0.5) is 0 Å². The predicted octanol–water partition coefficient (Wildman–Crippen LogP) is 2.98. The van der Waals surface area contributed by atoms with Crippen LogP contribution in [0.2, 0.25) is 0 Å². The van der Waals surface area contributed by atoms with Gasteiger partial charge in [-0.25, -0.2) is 9.97 Å². The molecule has 0 N–H and O–H groups in total. The standard InChI is InChI=1S/C14H13BrN2O2/c1-9-3-4-12(15)11(5-9)13(18)6-10-7-14(19-2)17-8-16-10/h3-5,7-8H,6H2,1-2H3. The maximum Gasteiger partial charge on any atom is 0.216 e. The average Bonchev–Trinajstić information content (AvgIpc) is 2.41. The Balaban J connectivity index is 2.23. The Morgan fingerprint density at radius 3 is 2.84 bits per heavy atom. The molecule has 1 aromatic carbocycles. The second-order valence-electron chi connectivity index (χ2n) is 4.13. The van der Waals surface area contributed by atoms with Crippen molar-refractivity contribution in [3.8, 4) is 5.88 Å². The molecular formula is C14H13BrN2O2. The van der Waals surface area contributed by atoms with Crippen molar-refractivity contribution in [1.29, 1.82) is 0 Å². The van der Waals surface area contributed by atoms with Crippen LogP contribution in [0.15, 0.2) is 35.1 Å². The zero-order valence-corrected chi connectivity index (χ0v) is 12.3. The summed E-state index contributed by atoms with van der Waals surface area (Å²) in [5, 5.41) is 0. The fourth-order valence-electron chi connectivity index (χ4n) is 1.70. The molecule has 5 heteroatoms. The Morgan fingerprint density at radius 1 is 1.32 bits per heavy atom. The third kappa shape index (κ3) is 3.38. The van der Waals surface area contributed by atoms with E-state index in [0.717, 1.165) is 10.0 Å². The molecule has 0 unspecified atom stereocenters. The number of hydrogen-bond acceptors (Lipinski definition) is 4. The summed E-state index contributed by atoms with van der Waals surface area (Å²) in [5.41, 5.74) is 2.36. The van der Waals surface area contributed by atoms with Crippen LogP contribution in [0.1, 0.15) is 21.6 Å². The van der Waals surface area contributed by atoms with Gasteiger partial charge in [-0.05, 0) is 19.1 Å². The van der Waals surface area contributed by atoms with Gasteiger partial charge in [0.05, 0.1) is 19.2 Å². The van der Waals surface area contributed by atoms with Gasteiger partial charge >= 0.3 is 0 Å². The lowest BCUT2D eigenvalue weighted by Crippen LogP contribution is -2.07. The summed E-state index contributed by atoms with van der Waals surface area (Å²) in [6.45, 7) is 1.96. The number of rotatable bonds is 4. The van der Waals surface area contributed by atoms with Crippen molar-refractivity contribution in [1.82, 2.24) is 9.97 Å². The number of halogens is 1. The summed E-state index contributed by atoms with van der Waals surface area (Å²) in [5.74, 6) is 0.470. The lowest BCUT2D eigenvalue weighted by atomic mass is 10.0. The number of benzene rings is 1. The number of ether oxygens (including phenoxy) is 1. The monoisotopic (exact) mass is 320 g/mol. The lowest BCUT2D eigenvalue weighted by Gasteiger charge is -2.05. The molecule has 0 saturated carbocycles. The van der Waals surface area contributed by atoms with Gasteiger partial charge in [0, 0.05) is 16.1 Å². The van der Waals surface area contributed by atoms with Gasteiger partial charge in [0.15, 0.2) is 5.78 Å². The number of aromatic nitrogens is 2. The molecular weight excluding hydrogens is 308 g/mol. The number of methoxy groups -OCH3 is 1. The van der Waals surface area contributed by atoms with Gasteiger partial charge in [0.25, 0.3) is 0 Å². The fourth-order valence-corrected chi connectivity index (χ4v) is 2.17. The van der Waals surface area contributed by atoms with E-state index < -0.39 is 0 Å². The highest BCUT2D eigenvalue weighted by Gasteiger charge is 2.12. The molecule has 19 heavy (non-hydrogen) atoms. The molecule has 0 amide bonds. The maximum absolute atomic E-state index is 12.3. The minimum absolute atomic E-state index is 0.0105. The van der Waals surface area contributed by atoms with Crippen molar-refractivity contribution in [3.63, 3.8) is 0 Å². The van der Waals surface area contributed by atoms with E-state index in [4.69, 9.17) is 4.74 Å². The first-order chi connectivity index (χ1) is 9.10. The molecule has 0 aliphatic heterocycles. The topological polar surface area (TPSA) is 52.1 Å². The minimum Gasteiger partial charge on any atom is -0.481 e. The van der Waals surface area contributed by atoms with Crippen LogP contribution >= 0.6 is 15.9 Å². The van der Waals surface area contributed by atoms with E-state index in [9.17, 15) is 4.79 Å². The molecule has 0 aliphatic carbocycles. The molecule has 0 aliphatic rings. The van der Waals surface area contributed by atoms with Gasteiger partial charge in [0.1, 0.15) is 6.33 Å². The van der Waals surface area contributed by atoms with Crippen LogP contribution in [-0.4, -0.2) is 22.9 Å². The van der Waals surface area contributed by atoms with Crippen molar-refractivity contribution < 1.29 is 9.53 Å². The van der Waals surface area contributed by atoms with E-state index >= 15 is 0 Å². The molecule has 0 atom stereocenters. The molecule has 2 aromatic rings. The van der Waals surface area contributed by atoms with Gasteiger partial charge in [-0.3, -0.25) is 4.79 Å². The van der Waals surface area contributed by atoms with Crippen LogP contribution in [-0.2, 0) is 6.42 Å². The van der Waals surface area contributed by atoms with E-state index in [-0.39, 0.29) is 12.2 Å². The van der Waals surface area contributed by atoms with Gasteiger partial charge in [0.2, 0.25) is 5.88 Å². The van der Waals surface area contributed by atoms with Crippen LogP contribution in [0.5, 0.6) is 5.88 Å². The molecule has 1 aromatic heterocycles. The summed E-state index contributed by atoms with van der Waals surface area (Å²) in [6, 6.07) is 7.37. The number of Topliss-reactive ketones (excluding diaryl/α,β-unsaturated/α-hetero) is 1. The van der Waals surface area contributed by atoms with E-state index in [0.29, 0.717) is 17.1 Å². The number of ketones is 1. The number of carbonyl (C=O) groups excluding carboxylic acids is 1. The van der Waals surface area contributed by atoms with Crippen LogP contribution in [0.25, 0.3) is 0 Å². The van der Waals surface area contributed by atoms with Gasteiger partial charge in [-0.1, -0.05) is 27.6 Å². The number of carbonyl (C=O) groups is 1. The Hall–Kier alpha value is -1.75. The molecule has 0 bridgehead atoms. The normalized spacial score (nSPS) is 10.3. The first kappa shape index (κ1) is 13.7. The van der Waals surface area contributed by atoms with Crippen LogP contribution < -0.4 is 4.74 Å². The molecule has 2 rings (SSSR count). The maximum atomic E-state index is 12.3. The highest BCUT2D eigenvalue weighted by atomic mass is 79.9. The number of hydrogen-bond donors (Lipinski definition) is 0. The smallest absolute Gasteiger partial charge is 0.216 e.